The third kappa shape index (κ3) is 3.75. The second-order valence-electron chi connectivity index (χ2n) is 5.72. The highest BCUT2D eigenvalue weighted by Crippen LogP contribution is 2.22. The predicted molar refractivity (Wildman–Crippen MR) is 98.0 cm³/mol. The lowest BCUT2D eigenvalue weighted by Crippen LogP contribution is -2.25. The van der Waals surface area contributed by atoms with Crippen LogP contribution >= 0.6 is 15.9 Å². The number of nitriles is 1. The zero-order valence-corrected chi connectivity index (χ0v) is 16.3. The molecule has 0 saturated carbocycles. The van der Waals surface area contributed by atoms with Crippen LogP contribution in [0.1, 0.15) is 22.9 Å². The van der Waals surface area contributed by atoms with Gasteiger partial charge in [-0.25, -0.2) is 18.7 Å². The SMILES string of the molecule is Cc1nc(C#N)ncc1-n1c(C)nc(OCc2ccc(F)cc2F)c(Br)c1=O. The second kappa shape index (κ2) is 7.82. The van der Waals surface area contributed by atoms with E-state index in [1.165, 1.54) is 16.8 Å². The van der Waals surface area contributed by atoms with Gasteiger partial charge in [-0.05, 0) is 41.9 Å². The van der Waals surface area contributed by atoms with E-state index in [1.807, 2.05) is 6.07 Å². The van der Waals surface area contributed by atoms with Crippen molar-refractivity contribution in [1.82, 2.24) is 19.5 Å². The molecule has 0 aliphatic rings. The van der Waals surface area contributed by atoms with Crippen molar-refractivity contribution >= 4 is 15.9 Å². The highest BCUT2D eigenvalue weighted by molar-refractivity contribution is 9.10. The molecule has 3 rings (SSSR count). The molecule has 1 aromatic carbocycles. The standard InChI is InChI=1S/C18H12BrF2N5O2/c1-9-14(7-23-15(6-22)24-9)26-10(2)25-17(16(19)18(26)27)28-8-11-3-4-12(20)5-13(11)21/h3-5,7H,8H2,1-2H3. The molecule has 0 aliphatic heterocycles. The highest BCUT2D eigenvalue weighted by atomic mass is 79.9. The Labute approximate surface area is 166 Å². The van der Waals surface area contributed by atoms with Crippen LogP contribution < -0.4 is 10.3 Å². The molecule has 142 valence electrons. The molecule has 0 unspecified atom stereocenters. The fraction of sp³-hybridized carbons (Fsp3) is 0.167. The van der Waals surface area contributed by atoms with E-state index in [1.54, 1.807) is 13.8 Å². The minimum atomic E-state index is -0.758. The van der Waals surface area contributed by atoms with Gasteiger partial charge in [0.2, 0.25) is 11.7 Å². The van der Waals surface area contributed by atoms with E-state index in [-0.39, 0.29) is 34.2 Å². The Bertz CT molecular complexity index is 1170. The molecule has 0 amide bonds. The van der Waals surface area contributed by atoms with Crippen LogP contribution in [-0.4, -0.2) is 19.5 Å². The van der Waals surface area contributed by atoms with Gasteiger partial charge in [0, 0.05) is 11.6 Å². The molecule has 7 nitrogen and oxygen atoms in total. The molecule has 0 bridgehead atoms. The first-order chi connectivity index (χ1) is 13.3. The molecule has 0 radical (unpaired) electrons. The summed E-state index contributed by atoms with van der Waals surface area (Å²) in [5.74, 6) is -1.22. The van der Waals surface area contributed by atoms with Crippen LogP contribution in [0.15, 0.2) is 33.7 Å². The number of hydrogen-bond donors (Lipinski definition) is 0. The lowest BCUT2D eigenvalue weighted by atomic mass is 10.2. The molecule has 0 N–H and O–H groups in total. The van der Waals surface area contributed by atoms with Crippen molar-refractivity contribution in [2.45, 2.75) is 20.5 Å². The number of hydrogen-bond acceptors (Lipinski definition) is 6. The summed E-state index contributed by atoms with van der Waals surface area (Å²) in [4.78, 5) is 24.9. The van der Waals surface area contributed by atoms with Gasteiger partial charge in [0.25, 0.3) is 5.56 Å². The maximum atomic E-state index is 13.7. The lowest BCUT2D eigenvalue weighted by Gasteiger charge is -2.14. The number of aryl methyl sites for hydroxylation is 2. The summed E-state index contributed by atoms with van der Waals surface area (Å²) < 4.78 is 33.5. The first kappa shape index (κ1) is 19.6. The second-order valence-corrected chi connectivity index (χ2v) is 6.51. The fourth-order valence-electron chi connectivity index (χ4n) is 2.48. The molecule has 28 heavy (non-hydrogen) atoms. The van der Waals surface area contributed by atoms with E-state index in [0.717, 1.165) is 12.1 Å². The lowest BCUT2D eigenvalue weighted by molar-refractivity contribution is 0.283. The number of halogens is 3. The van der Waals surface area contributed by atoms with E-state index in [2.05, 4.69) is 30.9 Å². The Balaban J connectivity index is 1.97. The van der Waals surface area contributed by atoms with E-state index in [4.69, 9.17) is 10.00 Å². The normalized spacial score (nSPS) is 10.6. The largest absolute Gasteiger partial charge is 0.472 e. The number of aromatic nitrogens is 4. The summed E-state index contributed by atoms with van der Waals surface area (Å²) in [7, 11) is 0. The topological polar surface area (TPSA) is 93.7 Å². The number of ether oxygens (including phenoxy) is 1. The summed E-state index contributed by atoms with van der Waals surface area (Å²) in [6.45, 7) is 2.98. The monoisotopic (exact) mass is 447 g/mol. The van der Waals surface area contributed by atoms with Crippen molar-refractivity contribution in [3.05, 3.63) is 73.8 Å². The van der Waals surface area contributed by atoms with Crippen LogP contribution in [0.5, 0.6) is 5.88 Å². The molecule has 0 spiro atoms. The van der Waals surface area contributed by atoms with Crippen LogP contribution in [0.25, 0.3) is 5.69 Å². The fourth-order valence-corrected chi connectivity index (χ4v) is 2.86. The maximum Gasteiger partial charge on any atom is 0.276 e. The molecule has 10 heteroatoms. The molecular formula is C18H12BrF2N5O2. The first-order valence-electron chi connectivity index (χ1n) is 7.91. The highest BCUT2D eigenvalue weighted by Gasteiger charge is 2.18. The Morgan fingerprint density at radius 2 is 2.04 bits per heavy atom. The molecule has 3 aromatic rings. The smallest absolute Gasteiger partial charge is 0.276 e. The van der Waals surface area contributed by atoms with Crippen molar-refractivity contribution < 1.29 is 13.5 Å². The predicted octanol–water partition coefficient (Wildman–Crippen LogP) is 3.13. The third-order valence-corrected chi connectivity index (χ3v) is 4.52. The summed E-state index contributed by atoms with van der Waals surface area (Å²) in [5, 5.41) is 8.87. The van der Waals surface area contributed by atoms with E-state index in [9.17, 15) is 13.6 Å². The van der Waals surface area contributed by atoms with Crippen molar-refractivity contribution in [3.8, 4) is 17.6 Å². The summed E-state index contributed by atoms with van der Waals surface area (Å²) in [6.07, 6.45) is 1.36. The third-order valence-electron chi connectivity index (χ3n) is 3.84. The quantitative estimate of drug-likeness (QED) is 0.609. The van der Waals surface area contributed by atoms with Gasteiger partial charge in [-0.15, -0.1) is 0 Å². The molecule has 2 heterocycles. The molecule has 0 atom stereocenters. The van der Waals surface area contributed by atoms with E-state index in [0.29, 0.717) is 11.4 Å². The Kier molecular flexibility index (Phi) is 5.46. The minimum Gasteiger partial charge on any atom is -0.472 e. The summed E-state index contributed by atoms with van der Waals surface area (Å²) in [6, 6.07) is 4.94. The van der Waals surface area contributed by atoms with Crippen molar-refractivity contribution in [2.75, 3.05) is 0 Å². The van der Waals surface area contributed by atoms with Crippen molar-refractivity contribution in [1.29, 1.82) is 5.26 Å². The Morgan fingerprint density at radius 1 is 1.29 bits per heavy atom. The minimum absolute atomic E-state index is 0.0137. The zero-order chi connectivity index (χ0) is 20.4. The van der Waals surface area contributed by atoms with Gasteiger partial charge in [-0.2, -0.15) is 10.2 Å². The molecule has 0 fully saturated rings. The zero-order valence-electron chi connectivity index (χ0n) is 14.7. The van der Waals surface area contributed by atoms with Gasteiger partial charge in [0.1, 0.15) is 34.6 Å². The molecule has 2 aromatic heterocycles. The van der Waals surface area contributed by atoms with Gasteiger partial charge in [0.05, 0.1) is 17.6 Å². The Hall–Kier alpha value is -3.19. The van der Waals surface area contributed by atoms with Crippen LogP contribution in [-0.2, 0) is 6.61 Å². The number of benzene rings is 1. The summed E-state index contributed by atoms with van der Waals surface area (Å²) >= 11 is 3.15. The van der Waals surface area contributed by atoms with Gasteiger partial charge in [0.15, 0.2) is 0 Å². The van der Waals surface area contributed by atoms with Crippen molar-refractivity contribution in [2.24, 2.45) is 0 Å². The van der Waals surface area contributed by atoms with Crippen LogP contribution in [0.2, 0.25) is 0 Å². The van der Waals surface area contributed by atoms with Gasteiger partial charge < -0.3 is 4.74 Å². The maximum absolute atomic E-state index is 13.7. The molecule has 0 saturated heterocycles. The van der Waals surface area contributed by atoms with Crippen LogP contribution in [0, 0.1) is 36.8 Å². The van der Waals surface area contributed by atoms with Gasteiger partial charge >= 0.3 is 0 Å². The first-order valence-corrected chi connectivity index (χ1v) is 8.71. The van der Waals surface area contributed by atoms with Crippen LogP contribution in [0.3, 0.4) is 0 Å². The average Bonchev–Trinajstić information content (AvgIpc) is 2.66. The van der Waals surface area contributed by atoms with Crippen molar-refractivity contribution in [3.63, 3.8) is 0 Å². The molecule has 0 aliphatic carbocycles. The summed E-state index contributed by atoms with van der Waals surface area (Å²) in [5.41, 5.74) is 0.421. The van der Waals surface area contributed by atoms with E-state index >= 15 is 0 Å². The number of rotatable bonds is 4. The molecular weight excluding hydrogens is 436 g/mol. The van der Waals surface area contributed by atoms with Crippen LogP contribution in [0.4, 0.5) is 8.78 Å². The number of nitrogens with zero attached hydrogens (tertiary/aromatic N) is 5. The average molecular weight is 448 g/mol. The Morgan fingerprint density at radius 3 is 2.68 bits per heavy atom. The van der Waals surface area contributed by atoms with Gasteiger partial charge in [-0.3, -0.25) is 9.36 Å². The van der Waals surface area contributed by atoms with Gasteiger partial charge in [-0.1, -0.05) is 0 Å². The van der Waals surface area contributed by atoms with E-state index < -0.39 is 17.2 Å².